The number of morpholine rings is 2. The normalized spacial score (nSPS) is 19.7. The van der Waals surface area contributed by atoms with Gasteiger partial charge in [-0.25, -0.2) is 14.0 Å². The summed E-state index contributed by atoms with van der Waals surface area (Å²) in [6, 6.07) is 8.91. The first-order valence-electron chi connectivity index (χ1n) is 16.3. The fraction of sp³-hybridized carbons (Fsp3) is 0.625. The topological polar surface area (TPSA) is 153 Å². The molecule has 0 amide bonds. The molecule has 4 aromatic rings. The van der Waals surface area contributed by atoms with Gasteiger partial charge >= 0.3 is 0 Å². The van der Waals surface area contributed by atoms with Gasteiger partial charge in [0, 0.05) is 63.7 Å². The van der Waals surface area contributed by atoms with Crippen LogP contribution in [-0.4, -0.2) is 120 Å². The Morgan fingerprint density at radius 1 is 0.674 bits per heavy atom. The predicted molar refractivity (Wildman–Crippen MR) is 183 cm³/mol. The number of aromatic nitrogens is 6. The van der Waals surface area contributed by atoms with Crippen molar-refractivity contribution >= 4 is 28.6 Å². The third kappa shape index (κ3) is 8.42. The van der Waals surface area contributed by atoms with Crippen molar-refractivity contribution in [3.05, 3.63) is 42.5 Å². The molecule has 4 fully saturated rings. The predicted octanol–water partition coefficient (Wildman–Crippen LogP) is 1.70. The SMILES string of the molecule is C.Cc1nc(N2CCOCC2)c2cccn2n1.NC1CCN(c2nc(N3CCOCC3)c3cccn3n2)CC1.NC1CCNCC1. The van der Waals surface area contributed by atoms with Crippen LogP contribution < -0.4 is 31.5 Å². The zero-order valence-corrected chi connectivity index (χ0v) is 26.4. The lowest BCUT2D eigenvalue weighted by Crippen LogP contribution is -2.41. The highest BCUT2D eigenvalue weighted by atomic mass is 16.5. The van der Waals surface area contributed by atoms with E-state index in [0.717, 1.165) is 139 Å². The van der Waals surface area contributed by atoms with E-state index in [1.807, 2.05) is 46.5 Å². The lowest BCUT2D eigenvalue weighted by atomic mass is 10.1. The molecule has 0 atom stereocenters. The van der Waals surface area contributed by atoms with E-state index in [2.05, 4.69) is 41.3 Å². The Morgan fingerprint density at radius 3 is 1.70 bits per heavy atom. The molecule has 0 unspecified atom stereocenters. The molecule has 0 aromatic carbocycles. The number of nitrogens with zero attached hydrogens (tertiary/aromatic N) is 9. The van der Waals surface area contributed by atoms with E-state index in [-0.39, 0.29) is 7.43 Å². The van der Waals surface area contributed by atoms with Gasteiger partial charge in [-0.3, -0.25) is 0 Å². The van der Waals surface area contributed by atoms with Gasteiger partial charge in [0.25, 0.3) is 0 Å². The van der Waals surface area contributed by atoms with Crippen molar-refractivity contribution in [2.45, 2.75) is 52.1 Å². The van der Waals surface area contributed by atoms with Gasteiger partial charge < -0.3 is 41.0 Å². The number of piperidine rings is 2. The zero-order valence-electron chi connectivity index (χ0n) is 26.4. The van der Waals surface area contributed by atoms with Crippen LogP contribution >= 0.6 is 0 Å². The number of hydrogen-bond donors (Lipinski definition) is 3. The number of aryl methyl sites for hydroxylation is 1. The molecule has 4 aliphatic rings. The van der Waals surface area contributed by atoms with E-state index in [4.69, 9.17) is 25.9 Å². The summed E-state index contributed by atoms with van der Waals surface area (Å²) in [5, 5.41) is 12.2. The van der Waals surface area contributed by atoms with E-state index in [1.165, 1.54) is 0 Å². The Labute approximate surface area is 272 Å². The van der Waals surface area contributed by atoms with E-state index in [0.29, 0.717) is 12.1 Å². The molecule has 0 saturated carbocycles. The molecule has 8 heterocycles. The molecule has 46 heavy (non-hydrogen) atoms. The van der Waals surface area contributed by atoms with Gasteiger partial charge in [-0.05, 0) is 70.0 Å². The molecule has 5 N–H and O–H groups in total. The van der Waals surface area contributed by atoms with E-state index < -0.39 is 0 Å². The van der Waals surface area contributed by atoms with E-state index >= 15 is 0 Å². The summed E-state index contributed by atoms with van der Waals surface area (Å²) < 4.78 is 14.6. The third-order valence-corrected chi connectivity index (χ3v) is 8.67. The van der Waals surface area contributed by atoms with Gasteiger partial charge in [0.2, 0.25) is 5.95 Å². The molecule has 0 aliphatic carbocycles. The van der Waals surface area contributed by atoms with Crippen LogP contribution in [0.5, 0.6) is 0 Å². The Morgan fingerprint density at radius 2 is 1.17 bits per heavy atom. The van der Waals surface area contributed by atoms with Gasteiger partial charge in [-0.1, -0.05) is 7.43 Å². The molecule has 4 aromatic heterocycles. The maximum atomic E-state index is 6.00. The van der Waals surface area contributed by atoms with Crippen LogP contribution in [0.2, 0.25) is 0 Å². The summed E-state index contributed by atoms with van der Waals surface area (Å²) in [6.45, 7) is 12.6. The average Bonchev–Trinajstić information content (AvgIpc) is 3.76. The molecule has 14 nitrogen and oxygen atoms in total. The van der Waals surface area contributed by atoms with Crippen molar-refractivity contribution in [3.8, 4) is 0 Å². The Kier molecular flexibility index (Phi) is 12.0. The van der Waals surface area contributed by atoms with Crippen LogP contribution in [0, 0.1) is 6.92 Å². The maximum Gasteiger partial charge on any atom is 0.245 e. The number of nitrogens with one attached hydrogen (secondary N) is 1. The van der Waals surface area contributed by atoms with Gasteiger partial charge in [-0.2, -0.15) is 10.1 Å². The lowest BCUT2D eigenvalue weighted by molar-refractivity contribution is 0.122. The summed E-state index contributed by atoms with van der Waals surface area (Å²) in [4.78, 5) is 16.2. The fourth-order valence-corrected chi connectivity index (χ4v) is 6.03. The standard InChI is InChI=1S/C15H22N6O.C11H14N4O.C5H12N2.CH4/c16-12-3-6-20(7-4-12)15-17-14(19-8-10-22-11-9-19)13-2-1-5-21(13)18-15;1-9-12-11(14-5-7-16-8-6-14)10-3-2-4-15(10)13-9;6-5-1-3-7-4-2-5;/h1-2,5,12H,3-4,6-11,16H2;2-4H,5-8H2,1H3;5,7H,1-4,6H2;1H4. The van der Waals surface area contributed by atoms with Gasteiger partial charge in [0.05, 0.1) is 26.4 Å². The molecule has 4 saturated heterocycles. The number of anilines is 3. The first-order valence-corrected chi connectivity index (χ1v) is 16.3. The number of rotatable bonds is 3. The van der Waals surface area contributed by atoms with Gasteiger partial charge in [-0.15, -0.1) is 5.10 Å². The summed E-state index contributed by atoms with van der Waals surface area (Å²) in [5.41, 5.74) is 13.7. The Bertz CT molecular complexity index is 1480. The van der Waals surface area contributed by atoms with Crippen LogP contribution in [0.3, 0.4) is 0 Å². The highest BCUT2D eigenvalue weighted by Gasteiger charge is 2.23. The lowest BCUT2D eigenvalue weighted by Gasteiger charge is -2.32. The number of ether oxygens (including phenoxy) is 2. The van der Waals surface area contributed by atoms with Crippen molar-refractivity contribution < 1.29 is 9.47 Å². The van der Waals surface area contributed by atoms with Crippen LogP contribution in [0.15, 0.2) is 36.7 Å². The van der Waals surface area contributed by atoms with Crippen molar-refractivity contribution in [2.24, 2.45) is 11.5 Å². The number of hydrogen-bond acceptors (Lipinski definition) is 12. The second-order valence-electron chi connectivity index (χ2n) is 12.0. The average molecular weight is 637 g/mol. The summed E-state index contributed by atoms with van der Waals surface area (Å²) >= 11 is 0. The van der Waals surface area contributed by atoms with E-state index in [9.17, 15) is 0 Å². The third-order valence-electron chi connectivity index (χ3n) is 8.67. The first-order chi connectivity index (χ1) is 22.0. The molecular formula is C32H52N12O2. The first kappa shape index (κ1) is 33.8. The van der Waals surface area contributed by atoms with Gasteiger partial charge in [0.15, 0.2) is 11.6 Å². The zero-order chi connectivity index (χ0) is 31.0. The quantitative estimate of drug-likeness (QED) is 0.300. The summed E-state index contributed by atoms with van der Waals surface area (Å²) in [7, 11) is 0. The van der Waals surface area contributed by atoms with Crippen LogP contribution in [0.4, 0.5) is 17.6 Å². The van der Waals surface area contributed by atoms with Crippen molar-refractivity contribution in [3.63, 3.8) is 0 Å². The fourth-order valence-electron chi connectivity index (χ4n) is 6.03. The highest BCUT2D eigenvalue weighted by Crippen LogP contribution is 2.25. The number of nitrogens with two attached hydrogens (primary N) is 2. The minimum Gasteiger partial charge on any atom is -0.378 e. The van der Waals surface area contributed by atoms with Crippen LogP contribution in [0.25, 0.3) is 11.0 Å². The van der Waals surface area contributed by atoms with Crippen molar-refractivity contribution in [1.29, 1.82) is 0 Å². The minimum atomic E-state index is 0. The minimum absolute atomic E-state index is 0. The van der Waals surface area contributed by atoms with E-state index in [1.54, 1.807) is 0 Å². The van der Waals surface area contributed by atoms with Crippen LogP contribution in [0.1, 0.15) is 38.9 Å². The van der Waals surface area contributed by atoms with Crippen molar-refractivity contribution in [1.82, 2.24) is 34.5 Å². The van der Waals surface area contributed by atoms with Gasteiger partial charge in [0.1, 0.15) is 16.9 Å². The summed E-state index contributed by atoms with van der Waals surface area (Å²) in [6.07, 6.45) is 8.24. The molecule has 0 spiro atoms. The molecule has 14 heteroatoms. The summed E-state index contributed by atoms with van der Waals surface area (Å²) in [5.74, 6) is 3.62. The van der Waals surface area contributed by atoms with Crippen molar-refractivity contribution in [2.75, 3.05) is 93.5 Å². The highest BCUT2D eigenvalue weighted by molar-refractivity contribution is 5.70. The largest absolute Gasteiger partial charge is 0.378 e. The number of fused-ring (bicyclic) bond motifs is 2. The monoisotopic (exact) mass is 636 g/mol. The Hall–Kier alpha value is -3.56. The smallest absolute Gasteiger partial charge is 0.245 e. The second kappa shape index (κ2) is 16.3. The molecule has 0 bridgehead atoms. The molecule has 252 valence electrons. The molecule has 0 radical (unpaired) electrons. The van der Waals surface area contributed by atoms with Crippen LogP contribution in [-0.2, 0) is 9.47 Å². The maximum absolute atomic E-state index is 6.00. The molecule has 8 rings (SSSR count). The second-order valence-corrected chi connectivity index (χ2v) is 12.0. The molecular weight excluding hydrogens is 584 g/mol. The molecule has 4 aliphatic heterocycles. The Balaban J connectivity index is 0.000000152.